The van der Waals surface area contributed by atoms with Gasteiger partial charge in [0.25, 0.3) is 5.91 Å². The van der Waals surface area contributed by atoms with Crippen molar-refractivity contribution in [2.45, 2.75) is 6.92 Å². The minimum atomic E-state index is -0.317. The fraction of sp³-hybridized carbons (Fsp3) is 0.125. The van der Waals surface area contributed by atoms with Gasteiger partial charge in [0.2, 0.25) is 0 Å². The topological polar surface area (TPSA) is 55.4 Å². The third-order valence-corrected chi connectivity index (χ3v) is 3.66. The summed E-state index contributed by atoms with van der Waals surface area (Å²) < 4.78 is 6.09. The molecule has 0 heterocycles. The lowest BCUT2D eigenvalue weighted by Gasteiger charge is -2.09. The maximum Gasteiger partial charge on any atom is 0.262 e. The van der Waals surface area contributed by atoms with E-state index in [-0.39, 0.29) is 18.3 Å². The second-order valence-electron chi connectivity index (χ2n) is 4.55. The van der Waals surface area contributed by atoms with Crippen molar-refractivity contribution in [3.8, 4) is 5.75 Å². The standard InChI is InChI=1S/C16H13BrClNO3/c1-10(20)11-3-2-4-13(7-11)19-16(21)9-22-15-6-5-12(18)8-14(15)17/h2-8H,9H2,1H3,(H,19,21). The van der Waals surface area contributed by atoms with Gasteiger partial charge >= 0.3 is 0 Å². The number of anilines is 1. The number of carbonyl (C=O) groups is 2. The van der Waals surface area contributed by atoms with Crippen LogP contribution in [0.3, 0.4) is 0 Å². The van der Waals surface area contributed by atoms with E-state index in [2.05, 4.69) is 21.2 Å². The van der Waals surface area contributed by atoms with Crippen molar-refractivity contribution >= 4 is 44.9 Å². The van der Waals surface area contributed by atoms with E-state index in [1.165, 1.54) is 6.92 Å². The summed E-state index contributed by atoms with van der Waals surface area (Å²) in [5, 5.41) is 3.25. The van der Waals surface area contributed by atoms with Crippen molar-refractivity contribution in [3.63, 3.8) is 0 Å². The van der Waals surface area contributed by atoms with Crippen LogP contribution >= 0.6 is 27.5 Å². The molecule has 0 unspecified atom stereocenters. The summed E-state index contributed by atoms with van der Waals surface area (Å²) >= 11 is 9.15. The highest BCUT2D eigenvalue weighted by Crippen LogP contribution is 2.27. The summed E-state index contributed by atoms with van der Waals surface area (Å²) in [7, 11) is 0. The summed E-state index contributed by atoms with van der Waals surface area (Å²) in [5.74, 6) is 0.150. The summed E-state index contributed by atoms with van der Waals surface area (Å²) in [5.41, 5.74) is 1.09. The molecule has 0 radical (unpaired) electrons. The third-order valence-electron chi connectivity index (χ3n) is 2.81. The monoisotopic (exact) mass is 381 g/mol. The van der Waals surface area contributed by atoms with E-state index in [4.69, 9.17) is 16.3 Å². The average molecular weight is 383 g/mol. The van der Waals surface area contributed by atoms with Gasteiger partial charge in [-0.2, -0.15) is 0 Å². The molecule has 0 aliphatic rings. The van der Waals surface area contributed by atoms with E-state index >= 15 is 0 Å². The molecule has 0 aliphatic carbocycles. The molecular formula is C16H13BrClNO3. The van der Waals surface area contributed by atoms with E-state index in [9.17, 15) is 9.59 Å². The van der Waals surface area contributed by atoms with Crippen LogP contribution in [0.25, 0.3) is 0 Å². The highest BCUT2D eigenvalue weighted by molar-refractivity contribution is 9.10. The molecule has 2 aromatic carbocycles. The molecule has 114 valence electrons. The molecule has 0 fully saturated rings. The smallest absolute Gasteiger partial charge is 0.262 e. The summed E-state index contributed by atoms with van der Waals surface area (Å²) in [6.07, 6.45) is 0. The fourth-order valence-corrected chi connectivity index (χ4v) is 2.55. The number of benzene rings is 2. The number of rotatable bonds is 5. The average Bonchev–Trinajstić information content (AvgIpc) is 2.46. The zero-order valence-corrected chi connectivity index (χ0v) is 14.1. The Bertz CT molecular complexity index is 718. The molecule has 0 aliphatic heterocycles. The van der Waals surface area contributed by atoms with Gasteiger partial charge in [0.1, 0.15) is 5.75 Å². The molecule has 0 aromatic heterocycles. The Balaban J connectivity index is 1.95. The minimum Gasteiger partial charge on any atom is -0.483 e. The van der Waals surface area contributed by atoms with Crippen LogP contribution in [0.5, 0.6) is 5.75 Å². The highest BCUT2D eigenvalue weighted by atomic mass is 79.9. The van der Waals surface area contributed by atoms with E-state index in [1.54, 1.807) is 42.5 Å². The Kier molecular flexibility index (Phi) is 5.57. The lowest BCUT2D eigenvalue weighted by atomic mass is 10.1. The largest absolute Gasteiger partial charge is 0.483 e. The first-order valence-corrected chi connectivity index (χ1v) is 7.61. The second-order valence-corrected chi connectivity index (χ2v) is 5.84. The van der Waals surface area contributed by atoms with Gasteiger partial charge in [-0.05, 0) is 53.2 Å². The lowest BCUT2D eigenvalue weighted by Crippen LogP contribution is -2.20. The molecular weight excluding hydrogens is 370 g/mol. The maximum absolute atomic E-state index is 11.9. The summed E-state index contributed by atoms with van der Waals surface area (Å²) in [6.45, 7) is 1.33. The first kappa shape index (κ1) is 16.5. The van der Waals surface area contributed by atoms with E-state index in [0.717, 1.165) is 0 Å². The quantitative estimate of drug-likeness (QED) is 0.783. The van der Waals surface area contributed by atoms with Gasteiger partial charge in [-0.15, -0.1) is 0 Å². The van der Waals surface area contributed by atoms with Crippen molar-refractivity contribution in [1.82, 2.24) is 0 Å². The molecule has 0 spiro atoms. The number of hydrogen-bond donors (Lipinski definition) is 1. The maximum atomic E-state index is 11.9. The van der Waals surface area contributed by atoms with Crippen LogP contribution in [-0.4, -0.2) is 18.3 Å². The number of ether oxygens (including phenoxy) is 1. The molecule has 6 heteroatoms. The molecule has 0 saturated carbocycles. The van der Waals surface area contributed by atoms with Crippen LogP contribution in [0.15, 0.2) is 46.9 Å². The number of carbonyl (C=O) groups excluding carboxylic acids is 2. The number of amides is 1. The van der Waals surface area contributed by atoms with Crippen LogP contribution < -0.4 is 10.1 Å². The van der Waals surface area contributed by atoms with Crippen LogP contribution in [0, 0.1) is 0 Å². The molecule has 1 amide bonds. The van der Waals surface area contributed by atoms with Gasteiger partial charge < -0.3 is 10.1 Å². The zero-order chi connectivity index (χ0) is 16.1. The van der Waals surface area contributed by atoms with Crippen LogP contribution in [0.2, 0.25) is 5.02 Å². The van der Waals surface area contributed by atoms with Gasteiger partial charge in [-0.3, -0.25) is 9.59 Å². The van der Waals surface area contributed by atoms with Crippen molar-refractivity contribution in [2.24, 2.45) is 0 Å². The SMILES string of the molecule is CC(=O)c1cccc(NC(=O)COc2ccc(Cl)cc2Br)c1. The number of halogens is 2. The Morgan fingerprint density at radius 2 is 2.00 bits per heavy atom. The molecule has 0 saturated heterocycles. The number of nitrogens with one attached hydrogen (secondary N) is 1. The van der Waals surface area contributed by atoms with Crippen molar-refractivity contribution < 1.29 is 14.3 Å². The molecule has 1 N–H and O–H groups in total. The van der Waals surface area contributed by atoms with Gasteiger partial charge in [0.05, 0.1) is 4.47 Å². The number of Topliss-reactive ketones (excluding diaryl/α,β-unsaturated/α-hetero) is 1. The Morgan fingerprint density at radius 1 is 1.23 bits per heavy atom. The molecule has 2 rings (SSSR count). The van der Waals surface area contributed by atoms with Crippen molar-refractivity contribution in [2.75, 3.05) is 11.9 Å². The van der Waals surface area contributed by atoms with Gasteiger partial charge in [-0.25, -0.2) is 0 Å². The Hall–Kier alpha value is -1.85. The Labute approximate surface area is 141 Å². The summed E-state index contributed by atoms with van der Waals surface area (Å²) in [4.78, 5) is 23.2. The lowest BCUT2D eigenvalue weighted by molar-refractivity contribution is -0.118. The second kappa shape index (κ2) is 7.42. The molecule has 2 aromatic rings. The van der Waals surface area contributed by atoms with Crippen LogP contribution in [-0.2, 0) is 4.79 Å². The van der Waals surface area contributed by atoms with Crippen molar-refractivity contribution in [1.29, 1.82) is 0 Å². The Morgan fingerprint density at radius 3 is 2.68 bits per heavy atom. The molecule has 22 heavy (non-hydrogen) atoms. The van der Waals surface area contributed by atoms with E-state index < -0.39 is 0 Å². The third kappa shape index (κ3) is 4.58. The predicted octanol–water partition coefficient (Wildman–Crippen LogP) is 4.32. The van der Waals surface area contributed by atoms with E-state index in [0.29, 0.717) is 26.5 Å². The van der Waals surface area contributed by atoms with Crippen LogP contribution in [0.1, 0.15) is 17.3 Å². The normalized spacial score (nSPS) is 10.1. The van der Waals surface area contributed by atoms with Gasteiger partial charge in [-0.1, -0.05) is 23.7 Å². The van der Waals surface area contributed by atoms with Gasteiger partial charge in [0.15, 0.2) is 12.4 Å². The first-order chi connectivity index (χ1) is 10.5. The van der Waals surface area contributed by atoms with E-state index in [1.807, 2.05) is 0 Å². The zero-order valence-electron chi connectivity index (χ0n) is 11.7. The molecule has 4 nitrogen and oxygen atoms in total. The fourth-order valence-electron chi connectivity index (χ4n) is 1.75. The number of hydrogen-bond acceptors (Lipinski definition) is 3. The van der Waals surface area contributed by atoms with Gasteiger partial charge in [0, 0.05) is 16.3 Å². The molecule has 0 atom stereocenters. The summed E-state index contributed by atoms with van der Waals surface area (Å²) in [6, 6.07) is 11.8. The number of ketones is 1. The highest BCUT2D eigenvalue weighted by Gasteiger charge is 2.08. The molecule has 0 bridgehead atoms. The minimum absolute atomic E-state index is 0.0579. The predicted molar refractivity (Wildman–Crippen MR) is 89.7 cm³/mol. The van der Waals surface area contributed by atoms with Crippen LogP contribution in [0.4, 0.5) is 5.69 Å². The first-order valence-electron chi connectivity index (χ1n) is 6.44. The van der Waals surface area contributed by atoms with Crippen molar-refractivity contribution in [3.05, 3.63) is 57.5 Å².